The van der Waals surface area contributed by atoms with E-state index < -0.39 is 0 Å². The number of nitrogens with one attached hydrogen (secondary N) is 1. The number of nitrogens with zero attached hydrogens (tertiary/aromatic N) is 3. The summed E-state index contributed by atoms with van der Waals surface area (Å²) in [5.41, 5.74) is 1.39. The fourth-order valence-corrected chi connectivity index (χ4v) is 0.990. The van der Waals surface area contributed by atoms with Gasteiger partial charge >= 0.3 is 0 Å². The second-order valence-electron chi connectivity index (χ2n) is 2.65. The van der Waals surface area contributed by atoms with E-state index in [2.05, 4.69) is 21.5 Å². The van der Waals surface area contributed by atoms with Crippen molar-refractivity contribution in [1.82, 2.24) is 20.1 Å². The molecule has 1 fully saturated rings. The molecule has 1 aromatic rings. The summed E-state index contributed by atoms with van der Waals surface area (Å²) in [5, 5.41) is 7.14. The molecule has 0 spiro atoms. The Labute approximate surface area is 64.9 Å². The quantitative estimate of drug-likeness (QED) is 0.603. The molecule has 0 unspecified atom stereocenters. The molecule has 0 radical (unpaired) electrons. The molecule has 0 aromatic carbocycles. The van der Waals surface area contributed by atoms with Crippen LogP contribution in [-0.2, 0) is 7.05 Å². The van der Waals surface area contributed by atoms with Gasteiger partial charge in [0.2, 0.25) is 0 Å². The maximum atomic E-state index is 4.09. The molecule has 0 aliphatic carbocycles. The predicted molar refractivity (Wildman–Crippen MR) is 41.8 cm³/mol. The summed E-state index contributed by atoms with van der Waals surface area (Å²) < 4.78 is 1.77. The maximum Gasteiger partial charge on any atom is 0.150 e. The van der Waals surface area contributed by atoms with Crippen LogP contribution in [-0.4, -0.2) is 27.9 Å². The molecule has 11 heavy (non-hydrogen) atoms. The molecule has 1 N–H and O–H groups in total. The van der Waals surface area contributed by atoms with E-state index in [1.165, 1.54) is 5.57 Å². The van der Waals surface area contributed by atoms with Crippen LogP contribution in [0.15, 0.2) is 11.9 Å². The van der Waals surface area contributed by atoms with E-state index in [9.17, 15) is 0 Å². The van der Waals surface area contributed by atoms with Crippen molar-refractivity contribution in [3.63, 3.8) is 0 Å². The number of aryl methyl sites for hydroxylation is 1. The Kier molecular flexibility index (Phi) is 1.47. The van der Waals surface area contributed by atoms with Gasteiger partial charge in [-0.3, -0.25) is 0 Å². The van der Waals surface area contributed by atoms with Crippen LogP contribution in [0.5, 0.6) is 0 Å². The lowest BCUT2D eigenvalue weighted by atomic mass is 10.1. The van der Waals surface area contributed by atoms with Crippen LogP contribution in [0.1, 0.15) is 5.82 Å². The first-order valence-electron chi connectivity index (χ1n) is 3.60. The third kappa shape index (κ3) is 1.17. The fourth-order valence-electron chi connectivity index (χ4n) is 0.990. The highest BCUT2D eigenvalue weighted by molar-refractivity contribution is 5.48. The normalized spacial score (nSPS) is 16.3. The van der Waals surface area contributed by atoms with Gasteiger partial charge in [-0.15, -0.1) is 0 Å². The molecule has 0 atom stereocenters. The van der Waals surface area contributed by atoms with Gasteiger partial charge in [0.25, 0.3) is 0 Å². The Morgan fingerprint density at radius 2 is 2.45 bits per heavy atom. The molecule has 1 aliphatic heterocycles. The van der Waals surface area contributed by atoms with Crippen LogP contribution in [0.2, 0.25) is 0 Å². The largest absolute Gasteiger partial charge is 0.309 e. The topological polar surface area (TPSA) is 42.7 Å². The van der Waals surface area contributed by atoms with E-state index in [4.69, 9.17) is 0 Å². The van der Waals surface area contributed by atoms with Crippen molar-refractivity contribution in [2.45, 2.75) is 0 Å². The number of hydrogen-bond acceptors (Lipinski definition) is 3. The molecule has 1 aliphatic rings. The van der Waals surface area contributed by atoms with Gasteiger partial charge in [0.1, 0.15) is 12.2 Å². The minimum Gasteiger partial charge on any atom is -0.309 e. The SMILES string of the molecule is Cn1ncnc1C=C1CNC1. The van der Waals surface area contributed by atoms with E-state index in [0.717, 1.165) is 18.9 Å². The van der Waals surface area contributed by atoms with Gasteiger partial charge in [0.15, 0.2) is 0 Å². The van der Waals surface area contributed by atoms with Crippen molar-refractivity contribution < 1.29 is 0 Å². The third-order valence-corrected chi connectivity index (χ3v) is 1.78. The van der Waals surface area contributed by atoms with Gasteiger partial charge in [0.05, 0.1) is 0 Å². The summed E-state index contributed by atoms with van der Waals surface area (Å²) >= 11 is 0. The molecular weight excluding hydrogens is 140 g/mol. The second kappa shape index (κ2) is 2.47. The highest BCUT2D eigenvalue weighted by Gasteiger charge is 2.07. The first kappa shape index (κ1) is 6.54. The molecule has 4 nitrogen and oxygen atoms in total. The van der Waals surface area contributed by atoms with Crippen molar-refractivity contribution in [1.29, 1.82) is 0 Å². The molecule has 2 rings (SSSR count). The van der Waals surface area contributed by atoms with E-state index in [1.54, 1.807) is 11.0 Å². The fraction of sp³-hybridized carbons (Fsp3) is 0.429. The lowest BCUT2D eigenvalue weighted by molar-refractivity contribution is 0.671. The summed E-state index contributed by atoms with van der Waals surface area (Å²) in [4.78, 5) is 4.09. The second-order valence-corrected chi connectivity index (χ2v) is 2.65. The van der Waals surface area contributed by atoms with Gasteiger partial charge < -0.3 is 5.32 Å². The zero-order valence-electron chi connectivity index (χ0n) is 6.41. The van der Waals surface area contributed by atoms with Gasteiger partial charge in [-0.2, -0.15) is 5.10 Å². The van der Waals surface area contributed by atoms with Crippen molar-refractivity contribution >= 4 is 6.08 Å². The van der Waals surface area contributed by atoms with Crippen molar-refractivity contribution in [2.24, 2.45) is 7.05 Å². The first-order chi connectivity index (χ1) is 5.36. The van der Waals surface area contributed by atoms with Crippen molar-refractivity contribution in [2.75, 3.05) is 13.1 Å². The molecule has 2 heterocycles. The van der Waals surface area contributed by atoms with Gasteiger partial charge in [-0.05, 0) is 11.6 Å². The van der Waals surface area contributed by atoms with E-state index in [0.29, 0.717) is 0 Å². The lowest BCUT2D eigenvalue weighted by Crippen LogP contribution is -2.33. The molecule has 1 saturated heterocycles. The summed E-state index contributed by atoms with van der Waals surface area (Å²) in [6.07, 6.45) is 3.64. The van der Waals surface area contributed by atoms with Crippen LogP contribution in [0.3, 0.4) is 0 Å². The van der Waals surface area contributed by atoms with Gasteiger partial charge in [0, 0.05) is 20.1 Å². The summed E-state index contributed by atoms with van der Waals surface area (Å²) in [6, 6.07) is 0. The molecule has 0 bridgehead atoms. The molecular formula is C7H10N4. The van der Waals surface area contributed by atoms with E-state index in [-0.39, 0.29) is 0 Å². The Morgan fingerprint density at radius 3 is 2.91 bits per heavy atom. The Balaban J connectivity index is 2.23. The molecule has 58 valence electrons. The Bertz CT molecular complexity index is 280. The third-order valence-electron chi connectivity index (χ3n) is 1.78. The van der Waals surface area contributed by atoms with Crippen LogP contribution >= 0.6 is 0 Å². The first-order valence-corrected chi connectivity index (χ1v) is 3.60. The van der Waals surface area contributed by atoms with Crippen LogP contribution in [0.4, 0.5) is 0 Å². The zero-order valence-corrected chi connectivity index (χ0v) is 6.41. The summed E-state index contributed by atoms with van der Waals surface area (Å²) in [6.45, 7) is 1.99. The molecule has 0 saturated carbocycles. The number of rotatable bonds is 1. The summed E-state index contributed by atoms with van der Waals surface area (Å²) in [7, 11) is 1.89. The lowest BCUT2D eigenvalue weighted by Gasteiger charge is -2.17. The molecule has 4 heteroatoms. The average Bonchev–Trinajstić information content (AvgIpc) is 2.27. The minimum absolute atomic E-state index is 0.932. The smallest absolute Gasteiger partial charge is 0.150 e. The monoisotopic (exact) mass is 150 g/mol. The minimum atomic E-state index is 0.932. The average molecular weight is 150 g/mol. The molecule has 1 aromatic heterocycles. The van der Waals surface area contributed by atoms with Crippen molar-refractivity contribution in [3.05, 3.63) is 17.7 Å². The highest BCUT2D eigenvalue weighted by Crippen LogP contribution is 2.05. The Morgan fingerprint density at radius 1 is 1.64 bits per heavy atom. The Hall–Kier alpha value is -1.16. The van der Waals surface area contributed by atoms with Crippen LogP contribution in [0, 0.1) is 0 Å². The van der Waals surface area contributed by atoms with Gasteiger partial charge in [-0.25, -0.2) is 9.67 Å². The highest BCUT2D eigenvalue weighted by atomic mass is 15.3. The van der Waals surface area contributed by atoms with Crippen LogP contribution in [0.25, 0.3) is 6.08 Å². The standard InChI is InChI=1S/C7H10N4/c1-11-7(9-5-10-11)2-6-3-8-4-6/h2,5,8H,3-4H2,1H3. The predicted octanol–water partition coefficient (Wildman–Crippen LogP) is -0.198. The molecule has 0 amide bonds. The maximum absolute atomic E-state index is 4.09. The van der Waals surface area contributed by atoms with Crippen molar-refractivity contribution in [3.8, 4) is 0 Å². The van der Waals surface area contributed by atoms with E-state index in [1.807, 2.05) is 7.05 Å². The zero-order chi connectivity index (χ0) is 7.68. The van der Waals surface area contributed by atoms with E-state index >= 15 is 0 Å². The number of aromatic nitrogens is 3. The number of hydrogen-bond donors (Lipinski definition) is 1. The summed E-state index contributed by atoms with van der Waals surface area (Å²) in [5.74, 6) is 0.932. The van der Waals surface area contributed by atoms with Gasteiger partial charge in [-0.1, -0.05) is 0 Å². The van der Waals surface area contributed by atoms with Crippen LogP contribution < -0.4 is 5.32 Å².